The Morgan fingerprint density at radius 3 is 2.90 bits per heavy atom. The molecular formula is C7H11N2O. The molecule has 2 atom stereocenters. The van der Waals surface area contributed by atoms with E-state index in [2.05, 4.69) is 11.7 Å². The normalized spacial score (nSPS) is 34.6. The highest BCUT2D eigenvalue weighted by Gasteiger charge is 2.54. The summed E-state index contributed by atoms with van der Waals surface area (Å²) < 4.78 is 0. The van der Waals surface area contributed by atoms with Crippen LogP contribution < -0.4 is 11.1 Å². The zero-order valence-electron chi connectivity index (χ0n) is 5.76. The third-order valence-corrected chi connectivity index (χ3v) is 2.57. The van der Waals surface area contributed by atoms with Crippen LogP contribution in [-0.4, -0.2) is 19.0 Å². The molecule has 2 rings (SSSR count). The van der Waals surface area contributed by atoms with Crippen LogP contribution in [0.5, 0.6) is 0 Å². The maximum absolute atomic E-state index is 10.8. The second-order valence-electron chi connectivity index (χ2n) is 3.23. The van der Waals surface area contributed by atoms with E-state index in [0.717, 1.165) is 19.5 Å². The number of carbonyl (C=O) groups is 1. The molecule has 1 saturated carbocycles. The Hall–Kier alpha value is -0.570. The van der Waals surface area contributed by atoms with Gasteiger partial charge in [0.2, 0.25) is 5.91 Å². The first-order valence-corrected chi connectivity index (χ1v) is 3.59. The first-order valence-electron chi connectivity index (χ1n) is 3.59. The van der Waals surface area contributed by atoms with Crippen LogP contribution in [-0.2, 0) is 4.79 Å². The zero-order chi connectivity index (χ0) is 7.19. The maximum atomic E-state index is 10.8. The Morgan fingerprint density at radius 2 is 2.50 bits per heavy atom. The van der Waals surface area contributed by atoms with E-state index in [9.17, 15) is 4.79 Å². The molecule has 3 heteroatoms. The lowest BCUT2D eigenvalue weighted by Gasteiger charge is -2.11. The van der Waals surface area contributed by atoms with Crippen molar-refractivity contribution in [3.05, 3.63) is 6.42 Å². The molecule has 3 nitrogen and oxygen atoms in total. The minimum atomic E-state index is -0.154. The molecule has 0 aromatic heterocycles. The highest BCUT2D eigenvalue weighted by atomic mass is 16.1. The molecule has 1 aliphatic heterocycles. The number of nitrogens with one attached hydrogen (secondary N) is 1. The lowest BCUT2D eigenvalue weighted by molar-refractivity contribution is -0.122. The van der Waals surface area contributed by atoms with Gasteiger partial charge in [-0.1, -0.05) is 0 Å². The SMILES string of the molecule is NC(=O)C1CNCC12[CH]C2. The molecule has 2 fully saturated rings. The number of hydrogen-bond acceptors (Lipinski definition) is 2. The average Bonchev–Trinajstić information content (AvgIpc) is 2.42. The highest BCUT2D eigenvalue weighted by molar-refractivity contribution is 5.79. The summed E-state index contributed by atoms with van der Waals surface area (Å²) in [5.41, 5.74) is 5.39. The molecule has 2 unspecified atom stereocenters. The van der Waals surface area contributed by atoms with Gasteiger partial charge in [0, 0.05) is 13.1 Å². The van der Waals surface area contributed by atoms with Crippen LogP contribution in [0.2, 0.25) is 0 Å². The standard InChI is InChI=1S/C7H11N2O/c8-6(10)5-3-9-4-7(5)1-2-7/h1,5,9H,2-4H2,(H2,8,10). The third kappa shape index (κ3) is 0.669. The summed E-state index contributed by atoms with van der Waals surface area (Å²) in [6.45, 7) is 1.71. The van der Waals surface area contributed by atoms with E-state index in [0.29, 0.717) is 0 Å². The average molecular weight is 139 g/mol. The monoisotopic (exact) mass is 139 g/mol. The van der Waals surface area contributed by atoms with Crippen LogP contribution >= 0.6 is 0 Å². The van der Waals surface area contributed by atoms with Crippen molar-refractivity contribution in [2.45, 2.75) is 6.42 Å². The Balaban J connectivity index is 2.14. The minimum Gasteiger partial charge on any atom is -0.369 e. The fourth-order valence-corrected chi connectivity index (χ4v) is 1.72. The smallest absolute Gasteiger partial charge is 0.222 e. The van der Waals surface area contributed by atoms with E-state index < -0.39 is 0 Å². The summed E-state index contributed by atoms with van der Waals surface area (Å²) >= 11 is 0. The summed E-state index contributed by atoms with van der Waals surface area (Å²) in [5, 5.41) is 3.17. The third-order valence-electron chi connectivity index (χ3n) is 2.57. The van der Waals surface area contributed by atoms with E-state index >= 15 is 0 Å². The van der Waals surface area contributed by atoms with Gasteiger partial charge in [0.25, 0.3) is 0 Å². The summed E-state index contributed by atoms with van der Waals surface area (Å²) in [4.78, 5) is 10.8. The van der Waals surface area contributed by atoms with Gasteiger partial charge in [0.1, 0.15) is 0 Å². The van der Waals surface area contributed by atoms with Crippen molar-refractivity contribution >= 4 is 5.91 Å². The van der Waals surface area contributed by atoms with Crippen molar-refractivity contribution < 1.29 is 4.79 Å². The van der Waals surface area contributed by atoms with Crippen molar-refractivity contribution in [1.29, 1.82) is 0 Å². The molecule has 1 saturated heterocycles. The molecule has 1 heterocycles. The molecule has 1 aliphatic carbocycles. The highest BCUT2D eigenvalue weighted by Crippen LogP contribution is 2.52. The van der Waals surface area contributed by atoms with Crippen molar-refractivity contribution in [2.24, 2.45) is 17.1 Å². The molecule has 0 bridgehead atoms. The fraction of sp³-hybridized carbons (Fsp3) is 0.714. The molecule has 0 aromatic carbocycles. The van der Waals surface area contributed by atoms with E-state index in [4.69, 9.17) is 5.73 Å². The predicted octanol–water partition coefficient (Wildman–Crippen LogP) is -0.715. The summed E-state index contributed by atoms with van der Waals surface area (Å²) in [6, 6.07) is 0. The second kappa shape index (κ2) is 1.72. The fourth-order valence-electron chi connectivity index (χ4n) is 1.72. The lowest BCUT2D eigenvalue weighted by Crippen LogP contribution is -2.30. The zero-order valence-corrected chi connectivity index (χ0v) is 5.76. The summed E-state index contributed by atoms with van der Waals surface area (Å²) in [5.74, 6) is -0.0914. The molecule has 10 heavy (non-hydrogen) atoms. The molecule has 1 spiro atoms. The maximum Gasteiger partial charge on any atom is 0.222 e. The van der Waals surface area contributed by atoms with E-state index in [1.165, 1.54) is 0 Å². The van der Waals surface area contributed by atoms with Gasteiger partial charge < -0.3 is 11.1 Å². The molecular weight excluding hydrogens is 128 g/mol. The van der Waals surface area contributed by atoms with Gasteiger partial charge in [-0.2, -0.15) is 0 Å². The number of rotatable bonds is 1. The van der Waals surface area contributed by atoms with Gasteiger partial charge >= 0.3 is 0 Å². The van der Waals surface area contributed by atoms with Crippen molar-refractivity contribution in [2.75, 3.05) is 13.1 Å². The first kappa shape index (κ1) is 6.16. The Kier molecular flexibility index (Phi) is 1.06. The number of primary amides is 1. The van der Waals surface area contributed by atoms with Crippen molar-refractivity contribution in [1.82, 2.24) is 5.32 Å². The summed E-state index contributed by atoms with van der Waals surface area (Å²) in [7, 11) is 0. The molecule has 1 amide bonds. The Morgan fingerprint density at radius 1 is 1.80 bits per heavy atom. The summed E-state index contributed by atoms with van der Waals surface area (Å²) in [6.07, 6.45) is 3.25. The van der Waals surface area contributed by atoms with Gasteiger partial charge in [0.15, 0.2) is 0 Å². The number of hydrogen-bond donors (Lipinski definition) is 2. The molecule has 2 aliphatic rings. The van der Waals surface area contributed by atoms with E-state index in [1.807, 2.05) is 0 Å². The van der Waals surface area contributed by atoms with Crippen LogP contribution in [0.1, 0.15) is 6.42 Å². The predicted molar refractivity (Wildman–Crippen MR) is 36.9 cm³/mol. The van der Waals surface area contributed by atoms with Gasteiger partial charge in [-0.25, -0.2) is 0 Å². The van der Waals surface area contributed by atoms with Crippen molar-refractivity contribution in [3.8, 4) is 0 Å². The van der Waals surface area contributed by atoms with Gasteiger partial charge in [-0.3, -0.25) is 4.79 Å². The molecule has 55 valence electrons. The largest absolute Gasteiger partial charge is 0.369 e. The number of amides is 1. The van der Waals surface area contributed by atoms with E-state index in [-0.39, 0.29) is 17.2 Å². The minimum absolute atomic E-state index is 0.0625. The lowest BCUT2D eigenvalue weighted by atomic mass is 9.92. The van der Waals surface area contributed by atoms with Crippen LogP contribution in [0.25, 0.3) is 0 Å². The van der Waals surface area contributed by atoms with Crippen LogP contribution in [0.3, 0.4) is 0 Å². The number of carbonyl (C=O) groups excluding carboxylic acids is 1. The molecule has 3 N–H and O–H groups in total. The van der Waals surface area contributed by atoms with Crippen LogP contribution in [0.15, 0.2) is 0 Å². The molecule has 1 radical (unpaired) electrons. The van der Waals surface area contributed by atoms with Gasteiger partial charge in [0.05, 0.1) is 5.92 Å². The Labute approximate surface area is 60.0 Å². The van der Waals surface area contributed by atoms with Crippen LogP contribution in [0.4, 0.5) is 0 Å². The van der Waals surface area contributed by atoms with Gasteiger partial charge in [-0.15, -0.1) is 0 Å². The first-order chi connectivity index (χ1) is 4.75. The second-order valence-corrected chi connectivity index (χ2v) is 3.23. The quantitative estimate of drug-likeness (QED) is 0.504. The molecule has 0 aromatic rings. The topological polar surface area (TPSA) is 55.1 Å². The van der Waals surface area contributed by atoms with Crippen molar-refractivity contribution in [3.63, 3.8) is 0 Å². The number of nitrogens with two attached hydrogens (primary N) is 1. The van der Waals surface area contributed by atoms with Gasteiger partial charge in [-0.05, 0) is 18.3 Å². The van der Waals surface area contributed by atoms with E-state index in [1.54, 1.807) is 0 Å². The van der Waals surface area contributed by atoms with Crippen LogP contribution in [0, 0.1) is 17.8 Å². The Bertz CT molecular complexity index is 174.